The maximum absolute atomic E-state index is 4.55. The van der Waals surface area contributed by atoms with E-state index in [1.807, 2.05) is 0 Å². The molecule has 5 rings (SSSR count). The fourth-order valence-electron chi connectivity index (χ4n) is 5.58. The first kappa shape index (κ1) is 17.7. The van der Waals surface area contributed by atoms with Gasteiger partial charge in [-0.2, -0.15) is 4.57 Å². The van der Waals surface area contributed by atoms with Crippen molar-refractivity contribution in [2.45, 2.75) is 63.8 Å². The largest absolute Gasteiger partial charge is 0.214 e. The van der Waals surface area contributed by atoms with Gasteiger partial charge in [-0.1, -0.05) is 57.0 Å². The van der Waals surface area contributed by atoms with E-state index < -0.39 is 0 Å². The van der Waals surface area contributed by atoms with Gasteiger partial charge in [0, 0.05) is 30.0 Å². The summed E-state index contributed by atoms with van der Waals surface area (Å²) in [4.78, 5) is 0. The quantitative estimate of drug-likeness (QED) is 0.276. The maximum Gasteiger partial charge on any atom is 0.214 e. The van der Waals surface area contributed by atoms with Crippen molar-refractivity contribution in [2.24, 2.45) is 0 Å². The van der Waals surface area contributed by atoms with Crippen LogP contribution in [0.3, 0.4) is 0 Å². The molecule has 2 aromatic carbocycles. The minimum absolute atomic E-state index is 0.0174. The van der Waals surface area contributed by atoms with E-state index in [1.165, 1.54) is 71.0 Å². The fraction of sp³-hybridized carbons (Fsp3) is 0.370. The highest BCUT2D eigenvalue weighted by atomic mass is 15.2. The molecule has 2 aliphatic rings. The lowest BCUT2D eigenvalue weighted by molar-refractivity contribution is -0.703. The van der Waals surface area contributed by atoms with Crippen LogP contribution in [0.5, 0.6) is 0 Å². The molecule has 2 atom stereocenters. The van der Waals surface area contributed by atoms with Gasteiger partial charge in [-0.25, -0.2) is 0 Å². The van der Waals surface area contributed by atoms with Crippen molar-refractivity contribution in [1.82, 2.24) is 0 Å². The lowest BCUT2D eigenvalue weighted by Crippen LogP contribution is -2.53. The lowest BCUT2D eigenvalue weighted by Gasteiger charge is -2.26. The Labute approximate surface area is 168 Å². The second kappa shape index (κ2) is 6.04. The van der Waals surface area contributed by atoms with Crippen LogP contribution in [-0.2, 0) is 17.4 Å². The molecule has 1 nitrogen and oxygen atoms in total. The molecular weight excluding hydrogens is 338 g/mol. The number of benzene rings is 2. The average molecular weight is 369 g/mol. The first-order chi connectivity index (χ1) is 13.5. The molecule has 3 aromatic rings. The van der Waals surface area contributed by atoms with Crippen LogP contribution in [0.4, 0.5) is 0 Å². The molecule has 1 aromatic heterocycles. The van der Waals surface area contributed by atoms with Crippen LogP contribution in [0, 0.1) is 0 Å². The van der Waals surface area contributed by atoms with Gasteiger partial charge < -0.3 is 0 Å². The summed E-state index contributed by atoms with van der Waals surface area (Å²) in [6.45, 7) is 11.6. The highest BCUT2D eigenvalue weighted by Crippen LogP contribution is 2.67. The molecule has 28 heavy (non-hydrogen) atoms. The van der Waals surface area contributed by atoms with E-state index in [4.69, 9.17) is 0 Å². The maximum atomic E-state index is 4.55. The molecule has 0 amide bonds. The van der Waals surface area contributed by atoms with E-state index in [9.17, 15) is 0 Å². The molecule has 0 radical (unpaired) electrons. The Morgan fingerprint density at radius 1 is 0.929 bits per heavy atom. The number of allylic oxidation sites excluding steroid dienone is 1. The Hall–Kier alpha value is -2.41. The summed E-state index contributed by atoms with van der Waals surface area (Å²) in [5, 5.41) is 1.30. The van der Waals surface area contributed by atoms with Crippen LogP contribution in [0.15, 0.2) is 66.7 Å². The molecule has 1 fully saturated rings. The summed E-state index contributed by atoms with van der Waals surface area (Å²) >= 11 is 0. The zero-order chi connectivity index (χ0) is 19.5. The number of hydrogen-bond donors (Lipinski definition) is 0. The number of aromatic nitrogens is 1. The molecule has 1 aliphatic heterocycles. The molecule has 0 saturated heterocycles. The van der Waals surface area contributed by atoms with E-state index in [0.29, 0.717) is 0 Å². The summed E-state index contributed by atoms with van der Waals surface area (Å²) in [6.07, 6.45) is 6.44. The molecule has 0 spiro atoms. The Balaban J connectivity index is 1.67. The molecule has 0 bridgehead atoms. The topological polar surface area (TPSA) is 3.88 Å². The lowest BCUT2D eigenvalue weighted by atomic mass is 9.82. The van der Waals surface area contributed by atoms with Crippen LogP contribution < -0.4 is 4.57 Å². The minimum atomic E-state index is -0.0446. The highest BCUT2D eigenvalue weighted by molar-refractivity contribution is 5.81. The molecule has 2 unspecified atom stereocenters. The number of aryl methyl sites for hydroxylation is 1. The van der Waals surface area contributed by atoms with Gasteiger partial charge in [0.05, 0.1) is 11.0 Å². The van der Waals surface area contributed by atoms with Crippen molar-refractivity contribution in [1.29, 1.82) is 0 Å². The predicted molar refractivity (Wildman–Crippen MR) is 118 cm³/mol. The van der Waals surface area contributed by atoms with E-state index >= 15 is 0 Å². The number of para-hydroxylation sites is 1. The Morgan fingerprint density at radius 2 is 1.75 bits per heavy atom. The molecule has 1 aliphatic carbocycles. The average Bonchev–Trinajstić information content (AvgIpc) is 3.19. The number of nitrogens with zero attached hydrogens (tertiary/aromatic N) is 1. The van der Waals surface area contributed by atoms with Crippen LogP contribution in [-0.4, -0.2) is 0 Å². The van der Waals surface area contributed by atoms with E-state index in [2.05, 4.69) is 86.5 Å². The predicted octanol–water partition coefficient (Wildman–Crippen LogP) is 6.47. The first-order valence-corrected chi connectivity index (χ1v) is 10.8. The summed E-state index contributed by atoms with van der Waals surface area (Å²) in [7, 11) is 0. The van der Waals surface area contributed by atoms with Crippen molar-refractivity contribution in [2.75, 3.05) is 0 Å². The van der Waals surface area contributed by atoms with Crippen molar-refractivity contribution >= 4 is 10.9 Å². The van der Waals surface area contributed by atoms with Crippen LogP contribution >= 0.6 is 0 Å². The number of rotatable bonds is 5. The Bertz CT molecular complexity index is 1110. The monoisotopic (exact) mass is 368 g/mol. The third-order valence-corrected chi connectivity index (χ3v) is 7.61. The zero-order valence-corrected chi connectivity index (χ0v) is 17.4. The van der Waals surface area contributed by atoms with E-state index in [-0.39, 0.29) is 11.0 Å². The molecule has 1 heteroatoms. The smallest absolute Gasteiger partial charge is 0.181 e. The second-order valence-corrected chi connectivity index (χ2v) is 8.98. The van der Waals surface area contributed by atoms with Crippen molar-refractivity contribution in [3.05, 3.63) is 77.9 Å². The number of hydrogen-bond acceptors (Lipinski definition) is 0. The van der Waals surface area contributed by atoms with Crippen LogP contribution in [0.1, 0.15) is 57.6 Å². The molecule has 1 saturated carbocycles. The van der Waals surface area contributed by atoms with Crippen molar-refractivity contribution in [3.63, 3.8) is 0 Å². The number of unbranched alkanes of at least 4 members (excludes halogenated alkanes) is 3. The van der Waals surface area contributed by atoms with E-state index in [1.54, 1.807) is 0 Å². The normalized spacial score (nSPS) is 24.6. The molecule has 2 heterocycles. The van der Waals surface area contributed by atoms with Crippen LogP contribution in [0.25, 0.3) is 22.2 Å². The van der Waals surface area contributed by atoms with Gasteiger partial charge in [0.2, 0.25) is 16.7 Å². The standard InChI is InChI=1S/C27H30N/c1-5-6-7-8-11-20-14-16-22-23(18-20)26(3)19(2)27(26,4)28-24-13-10-9-12-21(24)15-17-25(22)28/h9-10,12-18H,2,5-8,11H2,1,3-4H3/q+1. The minimum Gasteiger partial charge on any atom is -0.181 e. The third-order valence-electron chi connectivity index (χ3n) is 7.61. The number of fused-ring (bicyclic) bond motifs is 8. The summed E-state index contributed by atoms with van der Waals surface area (Å²) in [5.41, 5.74) is 8.27. The van der Waals surface area contributed by atoms with Gasteiger partial charge in [0.15, 0.2) is 0 Å². The molecule has 142 valence electrons. The molecule has 0 N–H and O–H groups in total. The second-order valence-electron chi connectivity index (χ2n) is 8.98. The van der Waals surface area contributed by atoms with Gasteiger partial charge in [-0.3, -0.25) is 0 Å². The van der Waals surface area contributed by atoms with Crippen molar-refractivity contribution in [3.8, 4) is 11.3 Å². The third kappa shape index (κ3) is 2.11. The van der Waals surface area contributed by atoms with Gasteiger partial charge in [-0.05, 0) is 49.1 Å². The Kier molecular flexibility index (Phi) is 3.81. The summed E-state index contributed by atoms with van der Waals surface area (Å²) < 4.78 is 2.55. The first-order valence-electron chi connectivity index (χ1n) is 10.8. The highest BCUT2D eigenvalue weighted by Gasteiger charge is 2.77. The van der Waals surface area contributed by atoms with Gasteiger partial charge in [0.25, 0.3) is 0 Å². The van der Waals surface area contributed by atoms with Crippen molar-refractivity contribution < 1.29 is 4.57 Å². The molecular formula is C27H30N+. The van der Waals surface area contributed by atoms with Gasteiger partial charge in [-0.15, -0.1) is 0 Å². The van der Waals surface area contributed by atoms with Crippen LogP contribution in [0.2, 0.25) is 0 Å². The Morgan fingerprint density at radius 3 is 2.57 bits per heavy atom. The van der Waals surface area contributed by atoms with E-state index in [0.717, 1.165) is 0 Å². The number of pyridine rings is 1. The zero-order valence-electron chi connectivity index (χ0n) is 17.4. The fourth-order valence-corrected chi connectivity index (χ4v) is 5.58. The van der Waals surface area contributed by atoms with Gasteiger partial charge >= 0.3 is 0 Å². The SMILES string of the molecule is C=C1C2(C)c3cc(CCCCCC)ccc3-c3ccc4ccccc4[n+]3C12C. The van der Waals surface area contributed by atoms with Gasteiger partial charge in [0.1, 0.15) is 0 Å². The summed E-state index contributed by atoms with van der Waals surface area (Å²) in [6, 6.07) is 20.5. The summed E-state index contributed by atoms with van der Waals surface area (Å²) in [5.74, 6) is 0.